The maximum atomic E-state index is 13.8. The van der Waals surface area contributed by atoms with Crippen molar-refractivity contribution in [3.05, 3.63) is 53.6 Å². The number of hydrogen-bond donors (Lipinski definition) is 4. The Morgan fingerprint density at radius 2 is 1.92 bits per heavy atom. The first kappa shape index (κ1) is 33.8. The van der Waals surface area contributed by atoms with Crippen molar-refractivity contribution in [2.75, 3.05) is 29.5 Å². The van der Waals surface area contributed by atoms with Crippen LogP contribution in [0.1, 0.15) is 42.6 Å². The number of amides is 1. The molecule has 1 amide bonds. The second-order valence-electron chi connectivity index (χ2n) is 9.39. The van der Waals surface area contributed by atoms with Gasteiger partial charge in [-0.2, -0.15) is 0 Å². The molecule has 1 aromatic heterocycles. The Bertz CT molecular complexity index is 1150. The SMILES string of the molecule is CCC(C)Nc1cc(C(=O)N[C@@H](Cc2ccccc2)[C@@H](O)C2C[C@H](F)CN2)cc(N(C)S(C)(=O)=O)n1.Cl.Cl. The van der Waals surface area contributed by atoms with Gasteiger partial charge in [-0.25, -0.2) is 17.8 Å². The molecule has 0 radical (unpaired) electrons. The van der Waals surface area contributed by atoms with Crippen molar-refractivity contribution in [1.29, 1.82) is 0 Å². The lowest BCUT2D eigenvalue weighted by atomic mass is 9.95. The summed E-state index contributed by atoms with van der Waals surface area (Å²) in [5.41, 5.74) is 1.09. The van der Waals surface area contributed by atoms with Gasteiger partial charge in [-0.3, -0.25) is 9.10 Å². The van der Waals surface area contributed by atoms with E-state index < -0.39 is 40.3 Å². The fourth-order valence-corrected chi connectivity index (χ4v) is 4.48. The van der Waals surface area contributed by atoms with E-state index >= 15 is 0 Å². The molecule has 38 heavy (non-hydrogen) atoms. The first-order valence-corrected chi connectivity index (χ1v) is 14.0. The van der Waals surface area contributed by atoms with Crippen molar-refractivity contribution in [3.8, 4) is 0 Å². The van der Waals surface area contributed by atoms with Crippen LogP contribution in [0.3, 0.4) is 0 Å². The monoisotopic (exact) mass is 593 g/mol. The highest BCUT2D eigenvalue weighted by molar-refractivity contribution is 7.92. The Morgan fingerprint density at radius 3 is 2.47 bits per heavy atom. The van der Waals surface area contributed by atoms with Crippen LogP contribution in [0.15, 0.2) is 42.5 Å². The zero-order chi connectivity index (χ0) is 26.5. The summed E-state index contributed by atoms with van der Waals surface area (Å²) < 4.78 is 39.1. The van der Waals surface area contributed by atoms with Crippen LogP contribution < -0.4 is 20.3 Å². The summed E-state index contributed by atoms with van der Waals surface area (Å²) in [6.07, 6.45) is 0.257. The topological polar surface area (TPSA) is 124 Å². The summed E-state index contributed by atoms with van der Waals surface area (Å²) in [4.78, 5) is 17.8. The Hall–Kier alpha value is -2.18. The number of nitrogens with one attached hydrogen (secondary N) is 3. The van der Waals surface area contributed by atoms with E-state index in [9.17, 15) is 22.7 Å². The van der Waals surface area contributed by atoms with Gasteiger partial charge in [0.2, 0.25) is 10.0 Å². The van der Waals surface area contributed by atoms with Gasteiger partial charge in [0.05, 0.1) is 18.4 Å². The Morgan fingerprint density at radius 1 is 1.26 bits per heavy atom. The quantitative estimate of drug-likeness (QED) is 0.316. The lowest BCUT2D eigenvalue weighted by Gasteiger charge is -2.29. The second kappa shape index (κ2) is 14.8. The van der Waals surface area contributed by atoms with E-state index in [0.717, 1.165) is 22.5 Å². The van der Waals surface area contributed by atoms with Crippen LogP contribution in [0.25, 0.3) is 0 Å². The van der Waals surface area contributed by atoms with Crippen LogP contribution in [0.2, 0.25) is 0 Å². The molecule has 0 bridgehead atoms. The molecule has 9 nitrogen and oxygen atoms in total. The molecule has 4 N–H and O–H groups in total. The number of aliphatic hydroxyl groups excluding tert-OH is 1. The molecular weight excluding hydrogens is 556 g/mol. The van der Waals surface area contributed by atoms with Gasteiger partial charge in [0.25, 0.3) is 5.91 Å². The molecule has 2 aromatic rings. The van der Waals surface area contributed by atoms with Gasteiger partial charge in [0.1, 0.15) is 17.8 Å². The summed E-state index contributed by atoms with van der Waals surface area (Å²) in [6.45, 7) is 4.10. The molecule has 3 rings (SSSR count). The number of rotatable bonds is 11. The lowest BCUT2D eigenvalue weighted by Crippen LogP contribution is -2.52. The number of carbonyl (C=O) groups excluding carboxylic acids is 1. The van der Waals surface area contributed by atoms with Gasteiger partial charge >= 0.3 is 0 Å². The molecule has 0 saturated carbocycles. The summed E-state index contributed by atoms with van der Waals surface area (Å²) >= 11 is 0. The predicted molar refractivity (Wildman–Crippen MR) is 154 cm³/mol. The molecule has 214 valence electrons. The number of halogens is 3. The highest BCUT2D eigenvalue weighted by Gasteiger charge is 2.35. The molecule has 5 atom stereocenters. The van der Waals surface area contributed by atoms with Gasteiger partial charge in [-0.15, -0.1) is 24.8 Å². The molecule has 2 unspecified atom stereocenters. The van der Waals surface area contributed by atoms with Gasteiger partial charge in [0.15, 0.2) is 0 Å². The summed E-state index contributed by atoms with van der Waals surface area (Å²) in [6, 6.07) is 11.2. The standard InChI is InChI=1S/C25H36FN5O4S.2ClH/c1-5-16(2)28-22-12-18(13-23(30-22)31(3)36(4,34)35)25(33)29-21(11-17-9-7-6-8-10-17)24(32)20-14-19(26)15-27-20;;/h6-10,12-13,16,19-21,24,27,32H,5,11,14-15H2,1-4H3,(H,28,30)(H,29,33);2*1H/t16?,19-,20?,21-,24-;;/m0../s1. The van der Waals surface area contributed by atoms with Crippen molar-refractivity contribution in [2.24, 2.45) is 0 Å². The van der Waals surface area contributed by atoms with E-state index in [1.165, 1.54) is 13.1 Å². The fraction of sp³-hybridized carbons (Fsp3) is 0.520. The third-order valence-corrected chi connectivity index (χ3v) is 7.63. The number of hydrogen-bond acceptors (Lipinski definition) is 7. The van der Waals surface area contributed by atoms with E-state index in [4.69, 9.17) is 0 Å². The lowest BCUT2D eigenvalue weighted by molar-refractivity contribution is 0.0729. The normalized spacial score (nSPS) is 19.3. The number of sulfonamides is 1. The number of pyridine rings is 1. The zero-order valence-corrected chi connectivity index (χ0v) is 24.4. The second-order valence-corrected chi connectivity index (χ2v) is 11.4. The van der Waals surface area contributed by atoms with Crippen LogP contribution in [0, 0.1) is 0 Å². The number of carbonyl (C=O) groups is 1. The minimum atomic E-state index is -3.62. The van der Waals surface area contributed by atoms with Gasteiger partial charge in [-0.1, -0.05) is 37.3 Å². The minimum absolute atomic E-state index is 0. The molecule has 1 aliphatic heterocycles. The number of aromatic nitrogens is 1. The summed E-state index contributed by atoms with van der Waals surface area (Å²) in [5.74, 6) is -0.0447. The van der Waals surface area contributed by atoms with E-state index in [-0.39, 0.29) is 55.2 Å². The van der Waals surface area contributed by atoms with Crippen molar-refractivity contribution < 1.29 is 22.7 Å². The van der Waals surface area contributed by atoms with Crippen LogP contribution in [0.4, 0.5) is 16.0 Å². The van der Waals surface area contributed by atoms with Crippen molar-refractivity contribution >= 4 is 52.4 Å². The molecule has 1 aromatic carbocycles. The Balaban J connectivity index is 0.00000361. The molecule has 0 spiro atoms. The summed E-state index contributed by atoms with van der Waals surface area (Å²) in [5, 5.41) is 20.2. The average Bonchev–Trinajstić information content (AvgIpc) is 3.28. The predicted octanol–water partition coefficient (Wildman–Crippen LogP) is 2.93. The van der Waals surface area contributed by atoms with Gasteiger partial charge in [-0.05, 0) is 43.9 Å². The largest absolute Gasteiger partial charge is 0.389 e. The Labute approximate surface area is 236 Å². The van der Waals surface area contributed by atoms with Crippen LogP contribution in [-0.2, 0) is 16.4 Å². The number of benzene rings is 1. The smallest absolute Gasteiger partial charge is 0.251 e. The highest BCUT2D eigenvalue weighted by atomic mass is 35.5. The first-order chi connectivity index (χ1) is 17.0. The Kier molecular flexibility index (Phi) is 13.2. The maximum absolute atomic E-state index is 13.8. The highest BCUT2D eigenvalue weighted by Crippen LogP contribution is 2.22. The maximum Gasteiger partial charge on any atom is 0.251 e. The van der Waals surface area contributed by atoms with E-state index in [1.807, 2.05) is 44.2 Å². The van der Waals surface area contributed by atoms with Crippen LogP contribution in [0.5, 0.6) is 0 Å². The van der Waals surface area contributed by atoms with Crippen LogP contribution >= 0.6 is 24.8 Å². The van der Waals surface area contributed by atoms with Gasteiger partial charge < -0.3 is 21.1 Å². The first-order valence-electron chi connectivity index (χ1n) is 12.1. The van der Waals surface area contributed by atoms with Crippen molar-refractivity contribution in [1.82, 2.24) is 15.6 Å². The van der Waals surface area contributed by atoms with Crippen molar-refractivity contribution in [2.45, 2.75) is 63.5 Å². The number of nitrogens with zero attached hydrogens (tertiary/aromatic N) is 2. The molecule has 0 aliphatic carbocycles. The van der Waals surface area contributed by atoms with E-state index in [1.54, 1.807) is 6.07 Å². The number of anilines is 2. The number of alkyl halides is 1. The minimum Gasteiger partial charge on any atom is -0.389 e. The summed E-state index contributed by atoms with van der Waals surface area (Å²) in [7, 11) is -2.25. The molecule has 1 fully saturated rings. The fourth-order valence-electron chi connectivity index (χ4n) is 4.05. The average molecular weight is 595 g/mol. The van der Waals surface area contributed by atoms with E-state index in [2.05, 4.69) is 20.9 Å². The molecule has 1 aliphatic rings. The zero-order valence-electron chi connectivity index (χ0n) is 21.9. The van der Waals surface area contributed by atoms with Crippen LogP contribution in [-0.4, -0.2) is 74.7 Å². The number of aliphatic hydroxyl groups is 1. The molecule has 2 heterocycles. The molecule has 13 heteroatoms. The third-order valence-electron chi connectivity index (χ3n) is 6.45. The van der Waals surface area contributed by atoms with Gasteiger partial charge in [0, 0.05) is 31.2 Å². The molecule has 1 saturated heterocycles. The molecular formula is C25H38Cl2FN5O4S. The van der Waals surface area contributed by atoms with Crippen molar-refractivity contribution in [3.63, 3.8) is 0 Å². The van der Waals surface area contributed by atoms with E-state index in [0.29, 0.717) is 12.2 Å². The third kappa shape index (κ3) is 9.23.